The Balaban J connectivity index is 0.00000392. The summed E-state index contributed by atoms with van der Waals surface area (Å²) in [5.41, 5.74) is 1.54. The van der Waals surface area contributed by atoms with Crippen LogP contribution >= 0.6 is 24.0 Å². The Morgan fingerprint density at radius 2 is 1.86 bits per heavy atom. The molecule has 0 heterocycles. The van der Waals surface area contributed by atoms with Gasteiger partial charge in [0, 0.05) is 40.0 Å². The van der Waals surface area contributed by atoms with Crippen molar-refractivity contribution >= 4 is 29.9 Å². The first-order chi connectivity index (χ1) is 13.2. The topological polar surface area (TPSA) is 64.1 Å². The second-order valence-corrected chi connectivity index (χ2v) is 7.09. The Bertz CT molecular complexity index is 563. The fourth-order valence-electron chi connectivity index (χ4n) is 2.88. The van der Waals surface area contributed by atoms with Crippen LogP contribution in [0.15, 0.2) is 29.3 Å². The standard InChI is InChI=1S/C21H35N3O3.HI/c1-4-27-14-5-13-22-20(24-17-21(10-11-21)12-15-25-2)23-16-18-6-8-19(26-3)9-7-18;/h6-9H,4-5,10-17H2,1-3H3,(H2,22,23,24);1H. The lowest BCUT2D eigenvalue weighted by molar-refractivity contribution is 0.145. The summed E-state index contributed by atoms with van der Waals surface area (Å²) >= 11 is 0. The van der Waals surface area contributed by atoms with E-state index in [9.17, 15) is 0 Å². The van der Waals surface area contributed by atoms with Gasteiger partial charge in [0.2, 0.25) is 0 Å². The van der Waals surface area contributed by atoms with Crippen LogP contribution in [0.5, 0.6) is 5.75 Å². The summed E-state index contributed by atoms with van der Waals surface area (Å²) in [5.74, 6) is 1.73. The maximum Gasteiger partial charge on any atom is 0.191 e. The fraction of sp³-hybridized carbons (Fsp3) is 0.667. The number of rotatable bonds is 13. The van der Waals surface area contributed by atoms with Crippen molar-refractivity contribution in [1.82, 2.24) is 10.6 Å². The second kappa shape index (κ2) is 14.0. The minimum atomic E-state index is 0. The summed E-state index contributed by atoms with van der Waals surface area (Å²) in [5, 5.41) is 6.96. The van der Waals surface area contributed by atoms with Crippen LogP contribution in [0.3, 0.4) is 0 Å². The van der Waals surface area contributed by atoms with Gasteiger partial charge < -0.3 is 24.8 Å². The molecule has 2 rings (SSSR count). The molecule has 1 aliphatic rings. The van der Waals surface area contributed by atoms with Gasteiger partial charge in [-0.2, -0.15) is 0 Å². The molecule has 160 valence electrons. The Morgan fingerprint density at radius 1 is 1.11 bits per heavy atom. The van der Waals surface area contributed by atoms with Crippen LogP contribution in [0.1, 0.15) is 38.2 Å². The largest absolute Gasteiger partial charge is 0.497 e. The molecule has 0 atom stereocenters. The van der Waals surface area contributed by atoms with Crippen LogP contribution in [0.25, 0.3) is 0 Å². The number of hydrogen-bond acceptors (Lipinski definition) is 4. The third-order valence-corrected chi connectivity index (χ3v) is 4.97. The van der Waals surface area contributed by atoms with Crippen molar-refractivity contribution in [2.24, 2.45) is 10.4 Å². The van der Waals surface area contributed by atoms with Gasteiger partial charge in [0.1, 0.15) is 5.75 Å². The van der Waals surface area contributed by atoms with E-state index in [1.54, 1.807) is 14.2 Å². The molecule has 6 nitrogen and oxygen atoms in total. The van der Waals surface area contributed by atoms with Crippen LogP contribution in [-0.4, -0.2) is 53.1 Å². The maximum atomic E-state index is 5.41. The quantitative estimate of drug-likeness (QED) is 0.186. The highest BCUT2D eigenvalue weighted by molar-refractivity contribution is 14.0. The number of nitrogens with one attached hydrogen (secondary N) is 2. The number of halogens is 1. The molecule has 1 fully saturated rings. The average molecular weight is 505 g/mol. The minimum Gasteiger partial charge on any atom is -0.497 e. The normalized spacial score (nSPS) is 14.9. The molecule has 0 aromatic heterocycles. The van der Waals surface area contributed by atoms with Crippen molar-refractivity contribution in [3.63, 3.8) is 0 Å². The fourth-order valence-corrected chi connectivity index (χ4v) is 2.88. The molecule has 1 saturated carbocycles. The van der Waals surface area contributed by atoms with Crippen molar-refractivity contribution in [3.8, 4) is 5.75 Å². The summed E-state index contributed by atoms with van der Waals surface area (Å²) in [6.07, 6.45) is 4.59. The van der Waals surface area contributed by atoms with Crippen molar-refractivity contribution < 1.29 is 14.2 Å². The highest BCUT2D eigenvalue weighted by atomic mass is 127. The molecular weight excluding hydrogens is 469 g/mol. The molecule has 0 saturated heterocycles. The smallest absolute Gasteiger partial charge is 0.191 e. The van der Waals surface area contributed by atoms with Gasteiger partial charge in [-0.15, -0.1) is 24.0 Å². The van der Waals surface area contributed by atoms with E-state index >= 15 is 0 Å². The number of methoxy groups -OCH3 is 2. The van der Waals surface area contributed by atoms with Gasteiger partial charge in [-0.1, -0.05) is 12.1 Å². The SMILES string of the molecule is CCOCCCNC(=NCc1ccc(OC)cc1)NCC1(CCOC)CC1.I. The van der Waals surface area contributed by atoms with Crippen LogP contribution in [-0.2, 0) is 16.0 Å². The Hall–Kier alpha value is -1.06. The van der Waals surface area contributed by atoms with E-state index < -0.39 is 0 Å². The molecule has 1 aliphatic carbocycles. The number of ether oxygens (including phenoxy) is 3. The Kier molecular flexibility index (Phi) is 12.5. The summed E-state index contributed by atoms with van der Waals surface area (Å²) in [4.78, 5) is 4.76. The molecule has 0 radical (unpaired) electrons. The molecule has 1 aromatic carbocycles. The lowest BCUT2D eigenvalue weighted by atomic mass is 10.0. The lowest BCUT2D eigenvalue weighted by Crippen LogP contribution is -2.41. The van der Waals surface area contributed by atoms with Crippen LogP contribution in [0.2, 0.25) is 0 Å². The van der Waals surface area contributed by atoms with Crippen molar-refractivity contribution in [2.45, 2.75) is 39.2 Å². The van der Waals surface area contributed by atoms with Gasteiger partial charge in [0.15, 0.2) is 5.96 Å². The van der Waals surface area contributed by atoms with E-state index in [1.165, 1.54) is 12.8 Å². The molecular formula is C21H36IN3O3. The first-order valence-corrected chi connectivity index (χ1v) is 9.93. The zero-order chi connectivity index (χ0) is 19.4. The molecule has 1 aromatic rings. The minimum absolute atomic E-state index is 0. The first-order valence-electron chi connectivity index (χ1n) is 9.93. The molecule has 0 spiro atoms. The zero-order valence-corrected chi connectivity index (χ0v) is 19.8. The van der Waals surface area contributed by atoms with E-state index in [-0.39, 0.29) is 24.0 Å². The van der Waals surface area contributed by atoms with Crippen molar-refractivity contribution in [2.75, 3.05) is 47.1 Å². The van der Waals surface area contributed by atoms with E-state index in [4.69, 9.17) is 19.2 Å². The average Bonchev–Trinajstić information content (AvgIpc) is 3.48. The van der Waals surface area contributed by atoms with E-state index in [2.05, 4.69) is 22.8 Å². The van der Waals surface area contributed by atoms with Crippen molar-refractivity contribution in [1.29, 1.82) is 0 Å². The van der Waals surface area contributed by atoms with Gasteiger partial charge in [-0.3, -0.25) is 0 Å². The summed E-state index contributed by atoms with van der Waals surface area (Å²) in [6, 6.07) is 8.04. The van der Waals surface area contributed by atoms with E-state index in [1.807, 2.05) is 19.1 Å². The Morgan fingerprint density at radius 3 is 2.46 bits per heavy atom. The van der Waals surface area contributed by atoms with E-state index in [0.29, 0.717) is 12.0 Å². The monoisotopic (exact) mass is 505 g/mol. The predicted molar refractivity (Wildman–Crippen MR) is 125 cm³/mol. The van der Waals surface area contributed by atoms with Gasteiger partial charge in [-0.25, -0.2) is 4.99 Å². The summed E-state index contributed by atoms with van der Waals surface area (Å²) in [6.45, 7) is 6.80. The number of nitrogens with zero attached hydrogens (tertiary/aromatic N) is 1. The number of aliphatic imine (C=N–C) groups is 1. The maximum absolute atomic E-state index is 5.41. The highest BCUT2D eigenvalue weighted by Crippen LogP contribution is 2.48. The van der Waals surface area contributed by atoms with Crippen LogP contribution < -0.4 is 15.4 Å². The number of guanidine groups is 1. The van der Waals surface area contributed by atoms with Gasteiger partial charge in [0.05, 0.1) is 13.7 Å². The van der Waals surface area contributed by atoms with Gasteiger partial charge in [0.25, 0.3) is 0 Å². The van der Waals surface area contributed by atoms with Crippen LogP contribution in [0.4, 0.5) is 0 Å². The molecule has 0 amide bonds. The molecule has 28 heavy (non-hydrogen) atoms. The number of benzene rings is 1. The van der Waals surface area contributed by atoms with Crippen molar-refractivity contribution in [3.05, 3.63) is 29.8 Å². The summed E-state index contributed by atoms with van der Waals surface area (Å²) in [7, 11) is 3.45. The third-order valence-electron chi connectivity index (χ3n) is 4.97. The predicted octanol–water partition coefficient (Wildman–Crippen LogP) is 3.59. The molecule has 0 unspecified atom stereocenters. The summed E-state index contributed by atoms with van der Waals surface area (Å²) < 4.78 is 15.9. The van der Waals surface area contributed by atoms with Gasteiger partial charge in [-0.05, 0) is 55.7 Å². The van der Waals surface area contributed by atoms with Gasteiger partial charge >= 0.3 is 0 Å². The Labute approximate surface area is 186 Å². The molecule has 0 bridgehead atoms. The molecule has 0 aliphatic heterocycles. The number of hydrogen-bond donors (Lipinski definition) is 2. The van der Waals surface area contributed by atoms with Crippen LogP contribution in [0, 0.1) is 5.41 Å². The zero-order valence-electron chi connectivity index (χ0n) is 17.5. The molecule has 7 heteroatoms. The van der Waals surface area contributed by atoms with E-state index in [0.717, 1.165) is 63.0 Å². The lowest BCUT2D eigenvalue weighted by Gasteiger charge is -2.18. The highest BCUT2D eigenvalue weighted by Gasteiger charge is 2.41. The third kappa shape index (κ3) is 9.43. The molecule has 2 N–H and O–H groups in total. The first kappa shape index (κ1) is 25.0. The second-order valence-electron chi connectivity index (χ2n) is 7.09.